The van der Waals surface area contributed by atoms with E-state index in [4.69, 9.17) is 37.1 Å². The molecule has 3 aromatic carbocycles. The highest BCUT2D eigenvalue weighted by molar-refractivity contribution is 6.32. The minimum Gasteiger partial charge on any atom is -0.493 e. The van der Waals surface area contributed by atoms with Crippen LogP contribution in [0, 0.1) is 6.92 Å². The number of ether oxygens (including phenoxy) is 2. The molecule has 1 aliphatic heterocycles. The first-order chi connectivity index (χ1) is 17.3. The second kappa shape index (κ2) is 9.52. The quantitative estimate of drug-likeness (QED) is 0.300. The van der Waals surface area contributed by atoms with Gasteiger partial charge in [0, 0.05) is 16.6 Å². The number of benzene rings is 3. The Balaban J connectivity index is 1.61. The van der Waals surface area contributed by atoms with Crippen LogP contribution in [0.15, 0.2) is 63.8 Å². The van der Waals surface area contributed by atoms with Crippen molar-refractivity contribution < 1.29 is 18.7 Å². The molecule has 0 radical (unpaired) electrons. The number of carbonyl (C=O) groups excluding carboxylic acids is 1. The molecule has 1 aromatic heterocycles. The summed E-state index contributed by atoms with van der Waals surface area (Å²) in [5.41, 5.74) is 2.79. The van der Waals surface area contributed by atoms with Gasteiger partial charge in [0.1, 0.15) is 5.58 Å². The predicted molar refractivity (Wildman–Crippen MR) is 140 cm³/mol. The summed E-state index contributed by atoms with van der Waals surface area (Å²) in [7, 11) is 3.16. The van der Waals surface area contributed by atoms with Gasteiger partial charge in [-0.05, 0) is 66.4 Å². The van der Waals surface area contributed by atoms with Gasteiger partial charge in [0.25, 0.3) is 5.91 Å². The molecule has 0 saturated heterocycles. The molecule has 1 amide bonds. The van der Waals surface area contributed by atoms with E-state index in [1.165, 1.54) is 0 Å². The van der Waals surface area contributed by atoms with Crippen LogP contribution >= 0.6 is 23.2 Å². The first-order valence-corrected chi connectivity index (χ1v) is 12.1. The first-order valence-electron chi connectivity index (χ1n) is 11.4. The lowest BCUT2D eigenvalue weighted by atomic mass is 9.98. The fourth-order valence-corrected chi connectivity index (χ4v) is 5.04. The molecule has 2 heterocycles. The van der Waals surface area contributed by atoms with Crippen molar-refractivity contribution in [3.63, 3.8) is 0 Å². The van der Waals surface area contributed by atoms with Crippen LogP contribution in [0.4, 0.5) is 0 Å². The van der Waals surface area contributed by atoms with Crippen LogP contribution in [-0.2, 0) is 6.42 Å². The Morgan fingerprint density at radius 2 is 1.75 bits per heavy atom. The Morgan fingerprint density at radius 3 is 2.47 bits per heavy atom. The molecule has 1 aliphatic rings. The van der Waals surface area contributed by atoms with Crippen LogP contribution in [-0.4, -0.2) is 31.6 Å². The van der Waals surface area contributed by atoms with Crippen LogP contribution in [0.25, 0.3) is 11.0 Å². The number of hydrogen-bond donors (Lipinski definition) is 0. The fourth-order valence-electron chi connectivity index (χ4n) is 4.68. The van der Waals surface area contributed by atoms with Crippen molar-refractivity contribution in [2.75, 3.05) is 20.8 Å². The molecule has 4 aromatic rings. The molecule has 0 saturated carbocycles. The van der Waals surface area contributed by atoms with Gasteiger partial charge in [0.2, 0.25) is 5.76 Å². The average Bonchev–Trinajstić information content (AvgIpc) is 3.15. The largest absolute Gasteiger partial charge is 0.493 e. The summed E-state index contributed by atoms with van der Waals surface area (Å²) in [6, 6.07) is 15.4. The van der Waals surface area contributed by atoms with Gasteiger partial charge in [0.15, 0.2) is 16.9 Å². The maximum absolute atomic E-state index is 13.7. The molecule has 36 heavy (non-hydrogen) atoms. The van der Waals surface area contributed by atoms with Crippen molar-refractivity contribution in [2.24, 2.45) is 0 Å². The van der Waals surface area contributed by atoms with Gasteiger partial charge in [-0.1, -0.05) is 41.4 Å². The summed E-state index contributed by atoms with van der Waals surface area (Å²) in [4.78, 5) is 29.0. The molecular formula is C28H23Cl2NO5. The Kier molecular flexibility index (Phi) is 6.41. The van der Waals surface area contributed by atoms with Crippen LogP contribution in [0.5, 0.6) is 11.5 Å². The normalized spacial score (nSPS) is 14.9. The third-order valence-corrected chi connectivity index (χ3v) is 7.14. The predicted octanol–water partition coefficient (Wildman–Crippen LogP) is 6.21. The molecule has 0 N–H and O–H groups in total. The summed E-state index contributed by atoms with van der Waals surface area (Å²) < 4.78 is 16.8. The van der Waals surface area contributed by atoms with Gasteiger partial charge in [-0.3, -0.25) is 9.59 Å². The number of halogens is 2. The van der Waals surface area contributed by atoms with Crippen molar-refractivity contribution in [1.29, 1.82) is 0 Å². The van der Waals surface area contributed by atoms with E-state index in [0.717, 1.165) is 16.7 Å². The van der Waals surface area contributed by atoms with Crippen molar-refractivity contribution >= 4 is 40.1 Å². The molecule has 8 heteroatoms. The zero-order valence-electron chi connectivity index (χ0n) is 19.9. The van der Waals surface area contributed by atoms with Gasteiger partial charge in [-0.25, -0.2) is 0 Å². The monoisotopic (exact) mass is 523 g/mol. The van der Waals surface area contributed by atoms with Crippen LogP contribution in [0.1, 0.15) is 38.9 Å². The van der Waals surface area contributed by atoms with Gasteiger partial charge in [0.05, 0.1) is 31.2 Å². The number of hydrogen-bond acceptors (Lipinski definition) is 5. The molecule has 0 bridgehead atoms. The maximum Gasteiger partial charge on any atom is 0.290 e. The summed E-state index contributed by atoms with van der Waals surface area (Å²) in [6.45, 7) is 2.16. The van der Waals surface area contributed by atoms with E-state index >= 15 is 0 Å². The van der Waals surface area contributed by atoms with Crippen molar-refractivity contribution in [2.45, 2.75) is 19.4 Å². The zero-order valence-corrected chi connectivity index (χ0v) is 21.4. The smallest absolute Gasteiger partial charge is 0.290 e. The molecule has 1 atom stereocenters. The topological polar surface area (TPSA) is 69.0 Å². The summed E-state index contributed by atoms with van der Waals surface area (Å²) in [5, 5.41) is 1.31. The molecular weight excluding hydrogens is 501 g/mol. The number of rotatable bonds is 6. The Morgan fingerprint density at radius 1 is 0.972 bits per heavy atom. The van der Waals surface area contributed by atoms with Gasteiger partial charge in [-0.2, -0.15) is 0 Å². The summed E-state index contributed by atoms with van der Waals surface area (Å²) in [5.74, 6) is 0.930. The lowest BCUT2D eigenvalue weighted by Crippen LogP contribution is -2.31. The van der Waals surface area contributed by atoms with Crippen LogP contribution in [0.2, 0.25) is 10.0 Å². The number of carbonyl (C=O) groups is 1. The molecule has 5 rings (SSSR count). The van der Waals surface area contributed by atoms with E-state index < -0.39 is 6.04 Å². The van der Waals surface area contributed by atoms with E-state index in [1.807, 2.05) is 31.2 Å². The van der Waals surface area contributed by atoms with E-state index in [9.17, 15) is 9.59 Å². The highest BCUT2D eigenvalue weighted by atomic mass is 35.5. The second-order valence-electron chi connectivity index (χ2n) is 8.67. The number of methoxy groups -OCH3 is 2. The van der Waals surface area contributed by atoms with Crippen LogP contribution in [0.3, 0.4) is 0 Å². The third kappa shape index (κ3) is 4.10. The molecule has 6 nitrogen and oxygen atoms in total. The fraction of sp³-hybridized carbons (Fsp3) is 0.214. The second-order valence-corrected chi connectivity index (χ2v) is 9.51. The molecule has 184 valence electrons. The third-order valence-electron chi connectivity index (χ3n) is 6.50. The number of fused-ring (bicyclic) bond motifs is 2. The minimum absolute atomic E-state index is 0.0477. The summed E-state index contributed by atoms with van der Waals surface area (Å²) in [6.07, 6.45) is 0.524. The SMILES string of the molecule is COc1ccc(CCN2C(=O)c3oc4cc(C)c(Cl)cc4c(=O)c3[C@H]2c2cccc(Cl)c2)cc1OC. The molecule has 0 spiro atoms. The van der Waals surface area contributed by atoms with E-state index in [0.29, 0.717) is 51.0 Å². The lowest BCUT2D eigenvalue weighted by molar-refractivity contribution is 0.0730. The molecule has 0 aliphatic carbocycles. The summed E-state index contributed by atoms with van der Waals surface area (Å²) >= 11 is 12.6. The molecule has 0 unspecified atom stereocenters. The highest BCUT2D eigenvalue weighted by Gasteiger charge is 2.42. The van der Waals surface area contributed by atoms with E-state index in [1.54, 1.807) is 49.5 Å². The molecule has 0 fully saturated rings. The number of nitrogens with zero attached hydrogens (tertiary/aromatic N) is 1. The maximum atomic E-state index is 13.7. The minimum atomic E-state index is -0.646. The van der Waals surface area contributed by atoms with E-state index in [2.05, 4.69) is 0 Å². The Labute approximate surface area is 217 Å². The first kappa shape index (κ1) is 24.2. The van der Waals surface area contributed by atoms with Crippen molar-refractivity contribution in [1.82, 2.24) is 4.90 Å². The number of amides is 1. The van der Waals surface area contributed by atoms with Gasteiger partial charge >= 0.3 is 0 Å². The average molecular weight is 524 g/mol. The lowest BCUT2D eigenvalue weighted by Gasteiger charge is -2.25. The van der Waals surface area contributed by atoms with E-state index in [-0.39, 0.29) is 17.1 Å². The van der Waals surface area contributed by atoms with Crippen molar-refractivity contribution in [3.05, 3.63) is 103 Å². The van der Waals surface area contributed by atoms with Crippen molar-refractivity contribution in [3.8, 4) is 11.5 Å². The highest BCUT2D eigenvalue weighted by Crippen LogP contribution is 2.39. The number of aryl methyl sites for hydroxylation is 1. The van der Waals surface area contributed by atoms with Crippen LogP contribution < -0.4 is 14.9 Å². The Hall–Kier alpha value is -3.48. The van der Waals surface area contributed by atoms with Gasteiger partial charge < -0.3 is 18.8 Å². The Bertz CT molecular complexity index is 1560. The zero-order chi connectivity index (χ0) is 25.6. The van der Waals surface area contributed by atoms with Gasteiger partial charge in [-0.15, -0.1) is 0 Å². The standard InChI is InChI=1S/C28H23Cl2NO5/c1-15-11-22-19(14-20(15)30)26(32)24-25(17-5-4-6-18(29)13-17)31(28(33)27(24)36-22)10-9-16-7-8-21(34-2)23(12-16)35-3/h4-8,11-14,25H,9-10H2,1-3H3/t25-/m1/s1.